The summed E-state index contributed by atoms with van der Waals surface area (Å²) >= 11 is 0. The fourth-order valence-corrected chi connectivity index (χ4v) is 7.44. The van der Waals surface area contributed by atoms with Crippen LogP contribution in [0.25, 0.3) is 0 Å². The van der Waals surface area contributed by atoms with Gasteiger partial charge in [-0.15, -0.1) is 0 Å². The third-order valence-electron chi connectivity index (χ3n) is 4.78. The molecule has 0 bridgehead atoms. The molecule has 0 aromatic rings. The molecule has 0 unspecified atom stereocenters. The Morgan fingerprint density at radius 1 is 1.27 bits per heavy atom. The number of allylic oxidation sites excluding steroid dienone is 2. The van der Waals surface area contributed by atoms with Crippen molar-refractivity contribution in [2.24, 2.45) is 5.41 Å². The summed E-state index contributed by atoms with van der Waals surface area (Å²) in [5.74, 6) is 0. The Balaban J connectivity index is 2.33. The highest BCUT2D eigenvalue weighted by Gasteiger charge is 2.46. The Hall–Kier alpha value is -0.0431. The molecular formula is C14H26Si. The highest BCUT2D eigenvalue weighted by atomic mass is 28.3. The summed E-state index contributed by atoms with van der Waals surface area (Å²) in [7, 11) is -0.978. The molecule has 0 amide bonds. The monoisotopic (exact) mass is 222 g/mol. The first-order valence-electron chi connectivity index (χ1n) is 6.64. The first kappa shape index (κ1) is 11.4. The van der Waals surface area contributed by atoms with Gasteiger partial charge >= 0.3 is 0 Å². The average molecular weight is 222 g/mol. The number of rotatable bonds is 1. The van der Waals surface area contributed by atoms with Gasteiger partial charge in [0.05, 0.1) is 0 Å². The van der Waals surface area contributed by atoms with E-state index in [1.807, 2.05) is 5.57 Å². The topological polar surface area (TPSA) is 0 Å². The molecule has 0 nitrogen and oxygen atoms in total. The van der Waals surface area contributed by atoms with E-state index in [1.165, 1.54) is 38.5 Å². The molecule has 1 fully saturated rings. The minimum absolute atomic E-state index is 0.598. The van der Waals surface area contributed by atoms with Gasteiger partial charge in [-0.25, -0.2) is 0 Å². The molecule has 2 aliphatic rings. The number of hydrogen-bond acceptors (Lipinski definition) is 0. The fourth-order valence-electron chi connectivity index (χ4n) is 4.13. The maximum Gasteiger partial charge on any atom is 0.0482 e. The molecule has 0 aromatic carbocycles. The van der Waals surface area contributed by atoms with Crippen molar-refractivity contribution in [3.8, 4) is 0 Å². The van der Waals surface area contributed by atoms with Crippen molar-refractivity contribution in [1.82, 2.24) is 0 Å². The summed E-state index contributed by atoms with van der Waals surface area (Å²) in [6, 6.07) is 0. The number of fused-ring (bicyclic) bond motifs is 1. The van der Waals surface area contributed by atoms with Gasteiger partial charge in [0.25, 0.3) is 0 Å². The van der Waals surface area contributed by atoms with Crippen LogP contribution in [0.1, 0.15) is 45.4 Å². The standard InChI is InChI=1S/C14H26Si/c1-14-11-6-5-8-12(14)9-7-10-13(14)15(2,3)4/h8,13H,5-7,9-11H2,1-4H3/t13-,14+/m0/s1. The fraction of sp³-hybridized carbons (Fsp3) is 0.857. The third kappa shape index (κ3) is 1.95. The van der Waals surface area contributed by atoms with Gasteiger partial charge in [-0.1, -0.05) is 44.6 Å². The van der Waals surface area contributed by atoms with E-state index in [2.05, 4.69) is 32.6 Å². The van der Waals surface area contributed by atoms with Crippen LogP contribution in [-0.4, -0.2) is 8.07 Å². The molecular weight excluding hydrogens is 196 g/mol. The molecule has 2 rings (SSSR count). The summed E-state index contributed by atoms with van der Waals surface area (Å²) in [5, 5.41) is 0. The molecule has 0 N–H and O–H groups in total. The molecule has 86 valence electrons. The summed E-state index contributed by atoms with van der Waals surface area (Å²) in [6.07, 6.45) is 11.2. The van der Waals surface area contributed by atoms with Crippen molar-refractivity contribution in [3.63, 3.8) is 0 Å². The van der Waals surface area contributed by atoms with E-state index >= 15 is 0 Å². The SMILES string of the molecule is C[C@@]12CCCC=C1CCC[C@@H]2[Si](C)(C)C. The van der Waals surface area contributed by atoms with Crippen LogP contribution < -0.4 is 0 Å². The highest BCUT2D eigenvalue weighted by molar-refractivity contribution is 6.77. The first-order valence-corrected chi connectivity index (χ1v) is 10.2. The van der Waals surface area contributed by atoms with Crippen molar-refractivity contribution in [3.05, 3.63) is 11.6 Å². The normalized spacial score (nSPS) is 37.1. The molecule has 15 heavy (non-hydrogen) atoms. The Bertz CT molecular complexity index is 272. The second-order valence-corrected chi connectivity index (χ2v) is 12.3. The zero-order valence-corrected chi connectivity index (χ0v) is 11.9. The predicted octanol–water partition coefficient (Wildman–Crippen LogP) is 5.00. The van der Waals surface area contributed by atoms with Crippen LogP contribution in [0.4, 0.5) is 0 Å². The third-order valence-corrected chi connectivity index (χ3v) is 7.79. The molecule has 0 saturated heterocycles. The van der Waals surface area contributed by atoms with E-state index in [9.17, 15) is 0 Å². The van der Waals surface area contributed by atoms with Gasteiger partial charge in [-0.3, -0.25) is 0 Å². The molecule has 0 aromatic heterocycles. The largest absolute Gasteiger partial charge is 0.0848 e. The highest BCUT2D eigenvalue weighted by Crippen LogP contribution is 2.57. The molecule has 0 radical (unpaired) electrons. The molecule has 1 saturated carbocycles. The van der Waals surface area contributed by atoms with Gasteiger partial charge in [0.2, 0.25) is 0 Å². The van der Waals surface area contributed by atoms with Gasteiger partial charge in [-0.05, 0) is 43.1 Å². The van der Waals surface area contributed by atoms with E-state index in [1.54, 1.807) is 0 Å². The molecule has 0 spiro atoms. The lowest BCUT2D eigenvalue weighted by Gasteiger charge is -2.51. The van der Waals surface area contributed by atoms with Crippen molar-refractivity contribution >= 4 is 8.07 Å². The summed E-state index contributed by atoms with van der Waals surface area (Å²) in [5.41, 5.74) is 3.46. The van der Waals surface area contributed by atoms with Crippen molar-refractivity contribution in [2.45, 2.75) is 70.6 Å². The lowest BCUT2D eigenvalue weighted by Crippen LogP contribution is -2.43. The first-order chi connectivity index (χ1) is 6.94. The predicted molar refractivity (Wildman–Crippen MR) is 71.0 cm³/mol. The van der Waals surface area contributed by atoms with Crippen molar-refractivity contribution in [2.75, 3.05) is 0 Å². The quantitative estimate of drug-likeness (QED) is 0.433. The Labute approximate surface area is 96.2 Å². The Morgan fingerprint density at radius 2 is 2.00 bits per heavy atom. The van der Waals surface area contributed by atoms with Crippen LogP contribution in [0.15, 0.2) is 11.6 Å². The second kappa shape index (κ2) is 3.76. The van der Waals surface area contributed by atoms with Crippen LogP contribution in [0.2, 0.25) is 25.2 Å². The van der Waals surface area contributed by atoms with Crippen LogP contribution in [0.3, 0.4) is 0 Å². The maximum atomic E-state index is 2.58. The lowest BCUT2D eigenvalue weighted by atomic mass is 9.66. The zero-order chi connectivity index (χ0) is 11.1. The van der Waals surface area contributed by atoms with Crippen LogP contribution in [0, 0.1) is 5.41 Å². The average Bonchev–Trinajstić information content (AvgIpc) is 2.14. The van der Waals surface area contributed by atoms with Crippen molar-refractivity contribution in [1.29, 1.82) is 0 Å². The summed E-state index contributed by atoms with van der Waals surface area (Å²) in [6.45, 7) is 10.3. The number of hydrogen-bond donors (Lipinski definition) is 0. The Kier molecular flexibility index (Phi) is 2.87. The van der Waals surface area contributed by atoms with Crippen molar-refractivity contribution < 1.29 is 0 Å². The van der Waals surface area contributed by atoms with E-state index < -0.39 is 8.07 Å². The molecule has 2 aliphatic carbocycles. The minimum Gasteiger partial charge on any atom is -0.0848 e. The summed E-state index contributed by atoms with van der Waals surface area (Å²) in [4.78, 5) is 0. The van der Waals surface area contributed by atoms with E-state index in [0.717, 1.165) is 5.54 Å². The van der Waals surface area contributed by atoms with Gasteiger partial charge < -0.3 is 0 Å². The van der Waals surface area contributed by atoms with Gasteiger partial charge in [0.1, 0.15) is 0 Å². The van der Waals surface area contributed by atoms with E-state index in [-0.39, 0.29) is 0 Å². The smallest absolute Gasteiger partial charge is 0.0482 e. The van der Waals surface area contributed by atoms with Crippen LogP contribution in [-0.2, 0) is 0 Å². The van der Waals surface area contributed by atoms with E-state index in [4.69, 9.17) is 0 Å². The molecule has 1 heteroatoms. The molecule has 0 heterocycles. The molecule has 2 atom stereocenters. The van der Waals surface area contributed by atoms with E-state index in [0.29, 0.717) is 5.41 Å². The van der Waals surface area contributed by atoms with Crippen LogP contribution in [0.5, 0.6) is 0 Å². The zero-order valence-electron chi connectivity index (χ0n) is 10.9. The second-order valence-electron chi connectivity index (χ2n) is 6.85. The van der Waals surface area contributed by atoms with Gasteiger partial charge in [0, 0.05) is 8.07 Å². The van der Waals surface area contributed by atoms with Gasteiger partial charge in [-0.2, -0.15) is 0 Å². The lowest BCUT2D eigenvalue weighted by molar-refractivity contribution is 0.256. The Morgan fingerprint density at radius 3 is 2.67 bits per heavy atom. The minimum atomic E-state index is -0.978. The van der Waals surface area contributed by atoms with Crippen LogP contribution >= 0.6 is 0 Å². The molecule has 0 aliphatic heterocycles. The van der Waals surface area contributed by atoms with Gasteiger partial charge in [0.15, 0.2) is 0 Å². The summed E-state index contributed by atoms with van der Waals surface area (Å²) < 4.78 is 0. The maximum absolute atomic E-state index is 2.58.